The third-order valence-electron chi connectivity index (χ3n) is 2.41. The van der Waals surface area contributed by atoms with E-state index < -0.39 is 36.2 Å². The summed E-state index contributed by atoms with van der Waals surface area (Å²) in [6.45, 7) is 0.661. The monoisotopic (exact) mass is 282 g/mol. The summed E-state index contributed by atoms with van der Waals surface area (Å²) in [7, 11) is 0. The highest BCUT2D eigenvalue weighted by Crippen LogP contribution is 2.06. The van der Waals surface area contributed by atoms with Crippen molar-refractivity contribution < 1.29 is 23.5 Å². The highest BCUT2D eigenvalue weighted by atomic mass is 19.1. The van der Waals surface area contributed by atoms with Crippen molar-refractivity contribution in [3.63, 3.8) is 0 Å². The molecule has 0 unspecified atom stereocenters. The molecule has 0 aliphatic carbocycles. The van der Waals surface area contributed by atoms with Gasteiger partial charge in [-0.05, 0) is 17.7 Å². The van der Waals surface area contributed by atoms with Gasteiger partial charge in [0.05, 0.1) is 0 Å². The van der Waals surface area contributed by atoms with Crippen molar-refractivity contribution in [2.75, 3.05) is 6.61 Å². The van der Waals surface area contributed by atoms with Crippen LogP contribution in [0, 0.1) is 5.82 Å². The fourth-order valence-electron chi connectivity index (χ4n) is 1.53. The second-order valence-electron chi connectivity index (χ2n) is 4.14. The Bertz CT molecular complexity index is 519. The molecule has 0 spiro atoms. The standard InChI is InChI=1S/C13H15FN2O4/c1-8(17)20-7-12(18)16-11(13(15)19)6-9-3-2-4-10(14)5-9/h2-5,11H,6-7H2,1H3,(H2,15,19)(H,16,18)/t11-/m0/s1. The van der Waals surface area contributed by atoms with E-state index in [-0.39, 0.29) is 6.42 Å². The maximum Gasteiger partial charge on any atom is 0.303 e. The van der Waals surface area contributed by atoms with Gasteiger partial charge in [-0.15, -0.1) is 0 Å². The number of carbonyl (C=O) groups excluding carboxylic acids is 3. The van der Waals surface area contributed by atoms with Crippen LogP contribution in [0.4, 0.5) is 4.39 Å². The first-order chi connectivity index (χ1) is 9.38. The second-order valence-corrected chi connectivity index (χ2v) is 4.14. The number of ether oxygens (including phenoxy) is 1. The lowest BCUT2D eigenvalue weighted by molar-refractivity contribution is -0.146. The molecule has 0 saturated carbocycles. The molecule has 0 aliphatic heterocycles. The van der Waals surface area contributed by atoms with Gasteiger partial charge in [0, 0.05) is 13.3 Å². The van der Waals surface area contributed by atoms with Gasteiger partial charge in [-0.1, -0.05) is 12.1 Å². The van der Waals surface area contributed by atoms with Crippen LogP contribution in [0.3, 0.4) is 0 Å². The quantitative estimate of drug-likeness (QED) is 0.712. The van der Waals surface area contributed by atoms with E-state index in [1.54, 1.807) is 6.07 Å². The largest absolute Gasteiger partial charge is 0.456 e. The molecule has 7 heteroatoms. The first kappa shape index (κ1) is 15.6. The lowest BCUT2D eigenvalue weighted by atomic mass is 10.1. The van der Waals surface area contributed by atoms with Gasteiger partial charge in [0.1, 0.15) is 11.9 Å². The number of carbonyl (C=O) groups is 3. The fraction of sp³-hybridized carbons (Fsp3) is 0.308. The SMILES string of the molecule is CC(=O)OCC(=O)N[C@@H](Cc1cccc(F)c1)C(N)=O. The van der Waals surface area contributed by atoms with Gasteiger partial charge in [0.2, 0.25) is 5.91 Å². The number of primary amides is 1. The van der Waals surface area contributed by atoms with E-state index in [0.717, 1.165) is 6.92 Å². The van der Waals surface area contributed by atoms with E-state index in [9.17, 15) is 18.8 Å². The second kappa shape index (κ2) is 7.22. The number of hydrogen-bond acceptors (Lipinski definition) is 4. The highest BCUT2D eigenvalue weighted by molar-refractivity contribution is 5.88. The number of nitrogens with one attached hydrogen (secondary N) is 1. The molecule has 0 aromatic heterocycles. The van der Waals surface area contributed by atoms with Gasteiger partial charge < -0.3 is 15.8 Å². The molecule has 1 aromatic carbocycles. The number of halogens is 1. The van der Waals surface area contributed by atoms with Gasteiger partial charge in [-0.2, -0.15) is 0 Å². The third kappa shape index (κ3) is 5.47. The number of esters is 1. The minimum Gasteiger partial charge on any atom is -0.456 e. The molecule has 1 aromatic rings. The van der Waals surface area contributed by atoms with E-state index in [2.05, 4.69) is 10.1 Å². The molecule has 1 rings (SSSR count). The van der Waals surface area contributed by atoms with Crippen molar-refractivity contribution in [2.24, 2.45) is 5.73 Å². The Morgan fingerprint density at radius 3 is 2.65 bits per heavy atom. The van der Waals surface area contributed by atoms with Crippen molar-refractivity contribution in [3.8, 4) is 0 Å². The van der Waals surface area contributed by atoms with E-state index in [0.29, 0.717) is 5.56 Å². The summed E-state index contributed by atoms with van der Waals surface area (Å²) >= 11 is 0. The molecule has 0 aliphatic rings. The molecule has 6 nitrogen and oxygen atoms in total. The molecule has 0 heterocycles. The Kier molecular flexibility index (Phi) is 5.64. The van der Waals surface area contributed by atoms with E-state index in [1.165, 1.54) is 18.2 Å². The minimum absolute atomic E-state index is 0.0545. The van der Waals surface area contributed by atoms with Crippen molar-refractivity contribution >= 4 is 17.8 Å². The Hall–Kier alpha value is -2.44. The Labute approximate surface area is 115 Å². The Morgan fingerprint density at radius 1 is 1.40 bits per heavy atom. The summed E-state index contributed by atoms with van der Waals surface area (Å²) in [5.41, 5.74) is 5.69. The van der Waals surface area contributed by atoms with Crippen LogP contribution in [0.15, 0.2) is 24.3 Å². The van der Waals surface area contributed by atoms with Crippen LogP contribution >= 0.6 is 0 Å². The van der Waals surface area contributed by atoms with Crippen LogP contribution in [0.1, 0.15) is 12.5 Å². The number of nitrogens with two attached hydrogens (primary N) is 1. The lowest BCUT2D eigenvalue weighted by Gasteiger charge is -2.15. The lowest BCUT2D eigenvalue weighted by Crippen LogP contribution is -2.47. The minimum atomic E-state index is -1.00. The number of hydrogen-bond donors (Lipinski definition) is 2. The van der Waals surface area contributed by atoms with Crippen molar-refractivity contribution in [3.05, 3.63) is 35.6 Å². The summed E-state index contributed by atoms with van der Waals surface area (Å²) in [5, 5.41) is 2.33. The zero-order chi connectivity index (χ0) is 15.1. The van der Waals surface area contributed by atoms with Gasteiger partial charge in [-0.3, -0.25) is 14.4 Å². The molecule has 0 saturated heterocycles. The molecule has 0 fully saturated rings. The first-order valence-electron chi connectivity index (χ1n) is 5.85. The number of benzene rings is 1. The Morgan fingerprint density at radius 2 is 2.10 bits per heavy atom. The van der Waals surface area contributed by atoms with Crippen LogP contribution in [0.2, 0.25) is 0 Å². The van der Waals surface area contributed by atoms with Crippen molar-refractivity contribution in [1.82, 2.24) is 5.32 Å². The van der Waals surface area contributed by atoms with Crippen LogP contribution in [0.25, 0.3) is 0 Å². The van der Waals surface area contributed by atoms with E-state index in [1.807, 2.05) is 0 Å². The van der Waals surface area contributed by atoms with Crippen molar-refractivity contribution in [1.29, 1.82) is 0 Å². The predicted molar refractivity (Wildman–Crippen MR) is 67.9 cm³/mol. The van der Waals surface area contributed by atoms with Crippen LogP contribution in [0.5, 0.6) is 0 Å². The zero-order valence-electron chi connectivity index (χ0n) is 10.9. The molecule has 2 amide bonds. The molecule has 0 bridgehead atoms. The fourth-order valence-corrected chi connectivity index (χ4v) is 1.53. The third-order valence-corrected chi connectivity index (χ3v) is 2.41. The van der Waals surface area contributed by atoms with Gasteiger partial charge in [0.25, 0.3) is 5.91 Å². The summed E-state index contributed by atoms with van der Waals surface area (Å²) in [5.74, 6) is -2.47. The topological polar surface area (TPSA) is 98.5 Å². The van der Waals surface area contributed by atoms with E-state index in [4.69, 9.17) is 5.73 Å². The molecular formula is C13H15FN2O4. The van der Waals surface area contributed by atoms with Gasteiger partial charge in [-0.25, -0.2) is 4.39 Å². The molecule has 108 valence electrons. The highest BCUT2D eigenvalue weighted by Gasteiger charge is 2.19. The smallest absolute Gasteiger partial charge is 0.303 e. The average Bonchev–Trinajstić information content (AvgIpc) is 2.35. The first-order valence-corrected chi connectivity index (χ1v) is 5.85. The number of amides is 2. The van der Waals surface area contributed by atoms with Gasteiger partial charge >= 0.3 is 5.97 Å². The van der Waals surface area contributed by atoms with Crippen LogP contribution < -0.4 is 11.1 Å². The summed E-state index contributed by atoms with van der Waals surface area (Å²) in [6, 6.07) is 4.61. The average molecular weight is 282 g/mol. The molecule has 3 N–H and O–H groups in total. The maximum atomic E-state index is 13.0. The predicted octanol–water partition coefficient (Wildman–Crippen LogP) is -0.0986. The number of rotatable bonds is 6. The summed E-state index contributed by atoms with van der Waals surface area (Å²) < 4.78 is 17.5. The molecule has 1 atom stereocenters. The Balaban J connectivity index is 2.63. The molecule has 0 radical (unpaired) electrons. The summed E-state index contributed by atoms with van der Waals surface area (Å²) in [6.07, 6.45) is 0.0545. The van der Waals surface area contributed by atoms with Crippen molar-refractivity contribution in [2.45, 2.75) is 19.4 Å². The summed E-state index contributed by atoms with van der Waals surface area (Å²) in [4.78, 5) is 33.3. The maximum absolute atomic E-state index is 13.0. The van der Waals surface area contributed by atoms with E-state index >= 15 is 0 Å². The van der Waals surface area contributed by atoms with Crippen LogP contribution in [-0.2, 0) is 25.5 Å². The van der Waals surface area contributed by atoms with Crippen LogP contribution in [-0.4, -0.2) is 30.4 Å². The molecular weight excluding hydrogens is 267 g/mol. The van der Waals surface area contributed by atoms with Gasteiger partial charge in [0.15, 0.2) is 6.61 Å². The molecule has 20 heavy (non-hydrogen) atoms. The zero-order valence-corrected chi connectivity index (χ0v) is 10.9. The normalized spacial score (nSPS) is 11.5.